The highest BCUT2D eigenvalue weighted by atomic mass is 32.1. The van der Waals surface area contributed by atoms with Crippen LogP contribution in [0.3, 0.4) is 0 Å². The molecule has 3 heterocycles. The van der Waals surface area contributed by atoms with Crippen LogP contribution in [0.2, 0.25) is 0 Å². The molecule has 2 fully saturated rings. The Balaban J connectivity index is 1.42. The van der Waals surface area contributed by atoms with Crippen molar-refractivity contribution in [3.8, 4) is 0 Å². The van der Waals surface area contributed by atoms with Crippen molar-refractivity contribution >= 4 is 34.9 Å². The summed E-state index contributed by atoms with van der Waals surface area (Å²) in [7, 11) is 3.89. The molecule has 0 bridgehead atoms. The molecule has 4 rings (SSSR count). The van der Waals surface area contributed by atoms with Crippen LogP contribution in [0.1, 0.15) is 15.2 Å². The lowest BCUT2D eigenvalue weighted by atomic mass is 10.1. The minimum atomic E-state index is -0.579. The predicted molar refractivity (Wildman–Crippen MR) is 112 cm³/mol. The number of carbonyl (C=O) groups is 3. The van der Waals surface area contributed by atoms with Crippen molar-refractivity contribution in [1.82, 2.24) is 14.7 Å². The first-order chi connectivity index (χ1) is 14.0. The lowest BCUT2D eigenvalue weighted by Crippen LogP contribution is -2.54. The Morgan fingerprint density at radius 2 is 1.90 bits per heavy atom. The fraction of sp³-hybridized carbons (Fsp3) is 0.381. The summed E-state index contributed by atoms with van der Waals surface area (Å²) in [5.41, 5.74) is 1.61. The van der Waals surface area contributed by atoms with Gasteiger partial charge in [0.2, 0.25) is 0 Å². The molecule has 2 aliphatic rings. The van der Waals surface area contributed by atoms with E-state index >= 15 is 0 Å². The lowest BCUT2D eigenvalue weighted by Gasteiger charge is -2.35. The monoisotopic (exact) mass is 412 g/mol. The quantitative estimate of drug-likeness (QED) is 0.706. The maximum absolute atomic E-state index is 12.9. The topological polar surface area (TPSA) is 64.2 Å². The van der Waals surface area contributed by atoms with Gasteiger partial charge in [-0.05, 0) is 42.1 Å². The Morgan fingerprint density at radius 1 is 1.14 bits per heavy atom. The summed E-state index contributed by atoms with van der Waals surface area (Å²) in [4.78, 5) is 46.2. The summed E-state index contributed by atoms with van der Waals surface area (Å²) in [6, 6.07) is 10.6. The summed E-state index contributed by atoms with van der Waals surface area (Å²) < 4.78 is 0. The van der Waals surface area contributed by atoms with Crippen LogP contribution in [0.5, 0.6) is 0 Å². The first-order valence-corrected chi connectivity index (χ1v) is 10.5. The normalized spacial score (nSPS) is 19.0. The van der Waals surface area contributed by atoms with Crippen LogP contribution in [0.15, 0.2) is 41.8 Å². The summed E-state index contributed by atoms with van der Waals surface area (Å²) >= 11 is 1.62. The SMILES string of the molecule is CN(C)c1ccc(C(=O)N2CCN3C(=O)N(CCc4cccs4)C(=O)C3C2)cc1. The number of imide groups is 1. The molecule has 1 unspecified atom stereocenters. The zero-order valence-corrected chi connectivity index (χ0v) is 17.4. The largest absolute Gasteiger partial charge is 0.378 e. The van der Waals surface area contributed by atoms with Crippen LogP contribution >= 0.6 is 11.3 Å². The third kappa shape index (κ3) is 3.72. The third-order valence-corrected chi connectivity index (χ3v) is 6.42. The molecule has 152 valence electrons. The number of amides is 4. The average Bonchev–Trinajstić information content (AvgIpc) is 3.33. The van der Waals surface area contributed by atoms with E-state index in [2.05, 4.69) is 0 Å². The smallest absolute Gasteiger partial charge is 0.327 e. The van der Waals surface area contributed by atoms with Crippen LogP contribution in [0, 0.1) is 0 Å². The van der Waals surface area contributed by atoms with Crippen LogP contribution in [0.4, 0.5) is 10.5 Å². The summed E-state index contributed by atoms with van der Waals surface area (Å²) in [5.74, 6) is -0.306. The van der Waals surface area contributed by atoms with Gasteiger partial charge in [-0.2, -0.15) is 0 Å². The van der Waals surface area contributed by atoms with Crippen LogP contribution in [-0.4, -0.2) is 78.9 Å². The zero-order chi connectivity index (χ0) is 20.5. The van der Waals surface area contributed by atoms with E-state index in [-0.39, 0.29) is 24.4 Å². The summed E-state index contributed by atoms with van der Waals surface area (Å²) in [6.45, 7) is 1.44. The van der Waals surface area contributed by atoms with Crippen molar-refractivity contribution < 1.29 is 14.4 Å². The molecule has 4 amide bonds. The summed E-state index contributed by atoms with van der Waals surface area (Å²) in [5, 5.41) is 1.99. The number of hydrogen-bond acceptors (Lipinski definition) is 5. The standard InChI is InChI=1S/C21H24N4O3S/c1-22(2)16-7-5-15(6-8-16)19(26)23-11-12-24-18(14-23)20(27)25(21(24)28)10-9-17-4-3-13-29-17/h3-8,13,18H,9-12,14H2,1-2H3. The number of hydrogen-bond donors (Lipinski definition) is 0. The number of anilines is 1. The maximum Gasteiger partial charge on any atom is 0.327 e. The number of thiophene rings is 1. The van der Waals surface area contributed by atoms with Gasteiger partial charge in [0, 0.05) is 49.9 Å². The highest BCUT2D eigenvalue weighted by molar-refractivity contribution is 7.09. The minimum Gasteiger partial charge on any atom is -0.378 e. The lowest BCUT2D eigenvalue weighted by molar-refractivity contribution is -0.129. The Kier molecular flexibility index (Phi) is 5.27. The number of fused-ring (bicyclic) bond motifs is 1. The third-order valence-electron chi connectivity index (χ3n) is 5.49. The number of benzene rings is 1. The first kappa shape index (κ1) is 19.4. The van der Waals surface area contributed by atoms with Gasteiger partial charge >= 0.3 is 6.03 Å². The molecule has 0 N–H and O–H groups in total. The van der Waals surface area contributed by atoms with E-state index in [1.165, 1.54) is 4.90 Å². The number of carbonyl (C=O) groups excluding carboxylic acids is 3. The molecule has 0 saturated carbocycles. The van der Waals surface area contributed by atoms with Crippen molar-refractivity contribution in [3.05, 3.63) is 52.2 Å². The zero-order valence-electron chi connectivity index (χ0n) is 16.6. The van der Waals surface area contributed by atoms with Crippen molar-refractivity contribution in [2.24, 2.45) is 0 Å². The van der Waals surface area contributed by atoms with Gasteiger partial charge in [0.05, 0.1) is 6.54 Å². The van der Waals surface area contributed by atoms with E-state index in [9.17, 15) is 14.4 Å². The second kappa shape index (κ2) is 7.87. The van der Waals surface area contributed by atoms with E-state index in [0.29, 0.717) is 31.6 Å². The predicted octanol–water partition coefficient (Wildman–Crippen LogP) is 2.15. The molecule has 1 aromatic heterocycles. The number of urea groups is 1. The molecule has 7 nitrogen and oxygen atoms in total. The maximum atomic E-state index is 12.9. The number of piperazine rings is 1. The van der Waals surface area contributed by atoms with E-state index < -0.39 is 6.04 Å². The van der Waals surface area contributed by atoms with Gasteiger partial charge in [0.1, 0.15) is 6.04 Å². The second-order valence-corrected chi connectivity index (χ2v) is 8.54. The van der Waals surface area contributed by atoms with Gasteiger partial charge in [0.15, 0.2) is 0 Å². The number of nitrogens with zero attached hydrogens (tertiary/aromatic N) is 4. The Morgan fingerprint density at radius 3 is 2.55 bits per heavy atom. The van der Waals surface area contributed by atoms with Gasteiger partial charge in [-0.15, -0.1) is 11.3 Å². The Bertz CT molecular complexity index is 911. The Labute approximate surface area is 174 Å². The molecule has 0 spiro atoms. The van der Waals surface area contributed by atoms with Crippen LogP contribution in [-0.2, 0) is 11.2 Å². The van der Waals surface area contributed by atoms with Gasteiger partial charge in [-0.25, -0.2) is 4.79 Å². The van der Waals surface area contributed by atoms with Gasteiger partial charge < -0.3 is 14.7 Å². The Hall–Kier alpha value is -2.87. The second-order valence-electron chi connectivity index (χ2n) is 7.50. The molecule has 1 aromatic carbocycles. The molecular formula is C21H24N4O3S. The molecule has 0 radical (unpaired) electrons. The molecule has 8 heteroatoms. The van der Waals surface area contributed by atoms with E-state index in [0.717, 1.165) is 10.6 Å². The molecule has 1 atom stereocenters. The molecule has 29 heavy (non-hydrogen) atoms. The molecular weight excluding hydrogens is 388 g/mol. The molecule has 2 aliphatic heterocycles. The minimum absolute atomic E-state index is 0.104. The van der Waals surface area contributed by atoms with E-state index in [1.54, 1.807) is 33.3 Å². The van der Waals surface area contributed by atoms with Gasteiger partial charge in [-0.3, -0.25) is 14.5 Å². The average molecular weight is 413 g/mol. The molecule has 0 aliphatic carbocycles. The van der Waals surface area contributed by atoms with Crippen molar-refractivity contribution in [1.29, 1.82) is 0 Å². The van der Waals surface area contributed by atoms with E-state index in [1.807, 2.05) is 48.6 Å². The molecule has 2 aromatic rings. The van der Waals surface area contributed by atoms with Crippen molar-refractivity contribution in [3.63, 3.8) is 0 Å². The van der Waals surface area contributed by atoms with Crippen molar-refractivity contribution in [2.45, 2.75) is 12.5 Å². The van der Waals surface area contributed by atoms with Crippen LogP contribution in [0.25, 0.3) is 0 Å². The summed E-state index contributed by atoms with van der Waals surface area (Å²) in [6.07, 6.45) is 0.663. The fourth-order valence-corrected chi connectivity index (χ4v) is 4.50. The van der Waals surface area contributed by atoms with Gasteiger partial charge in [0.25, 0.3) is 11.8 Å². The fourth-order valence-electron chi connectivity index (χ4n) is 3.80. The van der Waals surface area contributed by atoms with Crippen molar-refractivity contribution in [2.75, 3.05) is 45.2 Å². The highest BCUT2D eigenvalue weighted by Crippen LogP contribution is 2.24. The van der Waals surface area contributed by atoms with E-state index in [4.69, 9.17) is 0 Å². The highest BCUT2D eigenvalue weighted by Gasteiger charge is 2.48. The first-order valence-electron chi connectivity index (χ1n) is 9.66. The van der Waals surface area contributed by atoms with Gasteiger partial charge in [-0.1, -0.05) is 6.07 Å². The molecule has 2 saturated heterocycles. The number of rotatable bonds is 5. The van der Waals surface area contributed by atoms with Crippen LogP contribution < -0.4 is 4.90 Å².